The summed E-state index contributed by atoms with van der Waals surface area (Å²) in [4.78, 5) is 29.6. The number of thioether (sulfide) groups is 1. The molecule has 0 aliphatic carbocycles. The summed E-state index contributed by atoms with van der Waals surface area (Å²) in [5.74, 6) is -0.0620. The smallest absolute Gasteiger partial charge is 0.262 e. The first-order valence-electron chi connectivity index (χ1n) is 8.62. The van der Waals surface area contributed by atoms with Gasteiger partial charge in [-0.2, -0.15) is 0 Å². The minimum absolute atomic E-state index is 0.0620. The minimum atomic E-state index is -0.332. The summed E-state index contributed by atoms with van der Waals surface area (Å²) in [5, 5.41) is 4.12. The Kier molecular flexibility index (Phi) is 7.32. The van der Waals surface area contributed by atoms with Gasteiger partial charge in [-0.1, -0.05) is 43.1 Å². The number of nitrogens with zero attached hydrogens (tertiary/aromatic N) is 2. The van der Waals surface area contributed by atoms with E-state index in [-0.39, 0.29) is 16.7 Å². The fourth-order valence-electron chi connectivity index (χ4n) is 2.51. The van der Waals surface area contributed by atoms with E-state index in [1.807, 2.05) is 13.8 Å². The second-order valence-corrected chi connectivity index (χ2v) is 7.62. The average molecular weight is 382 g/mol. The first-order chi connectivity index (χ1) is 12.0. The molecule has 0 fully saturated rings. The Balaban J connectivity index is 2.44. The highest BCUT2D eigenvalue weighted by atomic mass is 35.5. The Bertz CT molecular complexity index is 807. The number of fused-ring (bicyclic) bond motifs is 1. The van der Waals surface area contributed by atoms with Gasteiger partial charge in [-0.25, -0.2) is 4.98 Å². The molecule has 1 atom stereocenters. The Labute approximate surface area is 157 Å². The summed E-state index contributed by atoms with van der Waals surface area (Å²) in [6, 6.07) is 5.11. The topological polar surface area (TPSA) is 64.0 Å². The van der Waals surface area contributed by atoms with E-state index in [2.05, 4.69) is 17.2 Å². The number of carbonyl (C=O) groups is 1. The van der Waals surface area contributed by atoms with Crippen molar-refractivity contribution in [3.63, 3.8) is 0 Å². The molecule has 2 aromatic rings. The van der Waals surface area contributed by atoms with Gasteiger partial charge in [0.2, 0.25) is 5.91 Å². The summed E-state index contributed by atoms with van der Waals surface area (Å²) in [6.07, 6.45) is 3.02. The summed E-state index contributed by atoms with van der Waals surface area (Å²) in [7, 11) is 0. The maximum atomic E-state index is 12.9. The molecule has 136 valence electrons. The second kappa shape index (κ2) is 9.25. The summed E-state index contributed by atoms with van der Waals surface area (Å²) in [6.45, 7) is 7.00. The highest BCUT2D eigenvalue weighted by Gasteiger charge is 2.19. The zero-order valence-electron chi connectivity index (χ0n) is 14.8. The van der Waals surface area contributed by atoms with E-state index in [9.17, 15) is 9.59 Å². The van der Waals surface area contributed by atoms with Crippen LogP contribution in [0.3, 0.4) is 0 Å². The Morgan fingerprint density at radius 1 is 1.36 bits per heavy atom. The molecule has 1 aromatic carbocycles. The maximum absolute atomic E-state index is 12.9. The number of amides is 1. The van der Waals surface area contributed by atoms with Gasteiger partial charge in [0, 0.05) is 18.1 Å². The van der Waals surface area contributed by atoms with E-state index >= 15 is 0 Å². The third-order valence-electron chi connectivity index (χ3n) is 3.87. The van der Waals surface area contributed by atoms with E-state index in [0.717, 1.165) is 19.3 Å². The number of benzene rings is 1. The van der Waals surface area contributed by atoms with Crippen LogP contribution in [0.5, 0.6) is 0 Å². The molecular weight excluding hydrogens is 358 g/mol. The fraction of sp³-hybridized carbons (Fsp3) is 0.500. The van der Waals surface area contributed by atoms with Crippen molar-refractivity contribution in [2.75, 3.05) is 6.54 Å². The van der Waals surface area contributed by atoms with Crippen LogP contribution >= 0.6 is 23.4 Å². The molecule has 2 rings (SSSR count). The van der Waals surface area contributed by atoms with Crippen molar-refractivity contribution in [1.82, 2.24) is 14.9 Å². The predicted octanol–water partition coefficient (Wildman–Crippen LogP) is 3.86. The molecular formula is C18H24ClN3O2S. The number of nitrogens with one attached hydrogen (secondary N) is 1. The van der Waals surface area contributed by atoms with Crippen molar-refractivity contribution in [3.05, 3.63) is 33.6 Å². The van der Waals surface area contributed by atoms with Gasteiger partial charge >= 0.3 is 0 Å². The molecule has 1 N–H and O–H groups in total. The molecule has 25 heavy (non-hydrogen) atoms. The van der Waals surface area contributed by atoms with Gasteiger partial charge in [0.15, 0.2) is 5.16 Å². The van der Waals surface area contributed by atoms with Crippen LogP contribution in [0.2, 0.25) is 5.02 Å². The highest BCUT2D eigenvalue weighted by Crippen LogP contribution is 2.24. The number of hydrogen-bond acceptors (Lipinski definition) is 4. The lowest BCUT2D eigenvalue weighted by Gasteiger charge is -2.16. The van der Waals surface area contributed by atoms with Crippen LogP contribution in [0.15, 0.2) is 28.2 Å². The van der Waals surface area contributed by atoms with Crippen LogP contribution in [0.25, 0.3) is 10.9 Å². The van der Waals surface area contributed by atoms with Gasteiger partial charge in [-0.3, -0.25) is 14.2 Å². The molecule has 0 saturated heterocycles. The normalized spacial score (nSPS) is 12.3. The van der Waals surface area contributed by atoms with Gasteiger partial charge in [-0.15, -0.1) is 0 Å². The van der Waals surface area contributed by atoms with E-state index in [1.54, 1.807) is 22.8 Å². The molecule has 0 aliphatic rings. The molecule has 0 spiro atoms. The first-order valence-corrected chi connectivity index (χ1v) is 9.88. The van der Waals surface area contributed by atoms with Crippen LogP contribution in [-0.2, 0) is 11.3 Å². The summed E-state index contributed by atoms with van der Waals surface area (Å²) in [5.41, 5.74) is 0.484. The number of carbonyl (C=O) groups excluding carboxylic acids is 1. The quantitative estimate of drug-likeness (QED) is 0.428. The van der Waals surface area contributed by atoms with Crippen LogP contribution in [0.1, 0.15) is 40.0 Å². The minimum Gasteiger partial charge on any atom is -0.355 e. The molecule has 0 saturated carbocycles. The average Bonchev–Trinajstić information content (AvgIpc) is 2.57. The zero-order chi connectivity index (χ0) is 18.4. The van der Waals surface area contributed by atoms with Crippen molar-refractivity contribution in [1.29, 1.82) is 0 Å². The monoisotopic (exact) mass is 381 g/mol. The first kappa shape index (κ1) is 19.8. The second-order valence-electron chi connectivity index (χ2n) is 5.87. The predicted molar refractivity (Wildman–Crippen MR) is 105 cm³/mol. The van der Waals surface area contributed by atoms with Gasteiger partial charge in [0.05, 0.1) is 16.2 Å². The zero-order valence-corrected chi connectivity index (χ0v) is 16.4. The lowest BCUT2D eigenvalue weighted by molar-refractivity contribution is -0.120. The van der Waals surface area contributed by atoms with Gasteiger partial charge < -0.3 is 5.32 Å². The number of hydrogen-bond donors (Lipinski definition) is 1. The molecule has 0 radical (unpaired) electrons. The van der Waals surface area contributed by atoms with Gasteiger partial charge in [0.25, 0.3) is 5.56 Å². The SMILES string of the molecule is CCCCCn1c(S[C@@H](C)C(=O)NCC)nc2cc(Cl)ccc2c1=O. The molecule has 0 aliphatic heterocycles. The number of aromatic nitrogens is 2. The van der Waals surface area contributed by atoms with Crippen LogP contribution in [-0.4, -0.2) is 27.3 Å². The standard InChI is InChI=1S/C18H24ClN3O2S/c1-4-6-7-10-22-17(24)14-9-8-13(19)11-15(14)21-18(22)25-12(3)16(23)20-5-2/h8-9,11-12H,4-7,10H2,1-3H3,(H,20,23)/t12-/m0/s1. The van der Waals surface area contributed by atoms with E-state index in [4.69, 9.17) is 11.6 Å². The molecule has 0 unspecified atom stereocenters. The van der Waals surface area contributed by atoms with Crippen molar-refractivity contribution in [2.45, 2.75) is 57.0 Å². The fourth-order valence-corrected chi connectivity index (χ4v) is 3.64. The molecule has 1 aromatic heterocycles. The number of halogens is 1. The van der Waals surface area contributed by atoms with Crippen LogP contribution < -0.4 is 10.9 Å². The van der Waals surface area contributed by atoms with Crippen molar-refractivity contribution < 1.29 is 4.79 Å². The Morgan fingerprint density at radius 3 is 2.80 bits per heavy atom. The Hall–Kier alpha value is -1.53. The van der Waals surface area contributed by atoms with E-state index in [0.29, 0.717) is 34.2 Å². The molecule has 1 amide bonds. The summed E-state index contributed by atoms with van der Waals surface area (Å²) < 4.78 is 1.69. The molecule has 7 heteroatoms. The van der Waals surface area contributed by atoms with Gasteiger partial charge in [0.1, 0.15) is 0 Å². The number of rotatable bonds is 8. The van der Waals surface area contributed by atoms with E-state index < -0.39 is 0 Å². The maximum Gasteiger partial charge on any atom is 0.262 e. The molecule has 0 bridgehead atoms. The van der Waals surface area contributed by atoms with Crippen molar-refractivity contribution in [2.24, 2.45) is 0 Å². The molecule has 1 heterocycles. The largest absolute Gasteiger partial charge is 0.355 e. The lowest BCUT2D eigenvalue weighted by Crippen LogP contribution is -2.31. The third kappa shape index (κ3) is 4.98. The summed E-state index contributed by atoms with van der Waals surface area (Å²) >= 11 is 7.35. The molecule has 5 nitrogen and oxygen atoms in total. The van der Waals surface area contributed by atoms with Gasteiger partial charge in [-0.05, 0) is 38.5 Å². The van der Waals surface area contributed by atoms with Crippen LogP contribution in [0.4, 0.5) is 0 Å². The lowest BCUT2D eigenvalue weighted by atomic mass is 10.2. The third-order valence-corrected chi connectivity index (χ3v) is 5.20. The number of unbranched alkanes of at least 4 members (excludes halogenated alkanes) is 2. The van der Waals surface area contributed by atoms with Crippen molar-refractivity contribution >= 4 is 40.2 Å². The van der Waals surface area contributed by atoms with Crippen LogP contribution in [0, 0.1) is 0 Å². The Morgan fingerprint density at radius 2 is 2.12 bits per heavy atom. The highest BCUT2D eigenvalue weighted by molar-refractivity contribution is 8.00. The van der Waals surface area contributed by atoms with Crippen molar-refractivity contribution in [3.8, 4) is 0 Å². The van der Waals surface area contributed by atoms with E-state index in [1.165, 1.54) is 11.8 Å².